The highest BCUT2D eigenvalue weighted by molar-refractivity contribution is 6.30. The summed E-state index contributed by atoms with van der Waals surface area (Å²) in [5.74, 6) is -0.501. The minimum atomic E-state index is -1.55. The molecule has 3 rings (SSSR count). The maximum atomic E-state index is 11.7. The largest absolute Gasteiger partial charge is 0.355 e. The average molecular weight is 295 g/mol. The highest BCUT2D eigenvalue weighted by Gasteiger charge is 2.70. The van der Waals surface area contributed by atoms with Crippen LogP contribution in [0.5, 0.6) is 0 Å². The van der Waals surface area contributed by atoms with Crippen molar-refractivity contribution in [3.8, 4) is 0 Å². The third-order valence-corrected chi connectivity index (χ3v) is 3.93. The number of fused-ring (bicyclic) bond motifs is 1. The molecule has 1 aromatic rings. The van der Waals surface area contributed by atoms with Gasteiger partial charge in [0, 0.05) is 15.5 Å². The topological polar surface area (TPSA) is 74.0 Å². The molecule has 1 fully saturated rings. The molecule has 0 aromatic heterocycles. The van der Waals surface area contributed by atoms with Gasteiger partial charge in [0.25, 0.3) is 0 Å². The molecule has 0 bridgehead atoms. The van der Waals surface area contributed by atoms with Gasteiger partial charge in [0.05, 0.1) is 12.5 Å². The van der Waals surface area contributed by atoms with Crippen molar-refractivity contribution in [1.29, 1.82) is 0 Å². The van der Waals surface area contributed by atoms with Crippen molar-refractivity contribution >= 4 is 17.3 Å². The number of ether oxygens (including phenoxy) is 1. The number of hydrogen-bond acceptors (Lipinski definition) is 5. The standard InChI is InChI=1S/C13H11ClN2O4/c1-2-9-7-19-12-13(9,16(17)18)11(15-20-12)8-3-5-10(14)6-4-8/h2-6,9,12H,1,7H2/t9-,12+,13+/m1/s1. The molecule has 2 heterocycles. The second-order valence-corrected chi connectivity index (χ2v) is 5.08. The third kappa shape index (κ3) is 1.58. The smallest absolute Gasteiger partial charge is 0.338 e. The van der Waals surface area contributed by atoms with E-state index in [1.54, 1.807) is 24.3 Å². The van der Waals surface area contributed by atoms with Crippen LogP contribution < -0.4 is 0 Å². The summed E-state index contributed by atoms with van der Waals surface area (Å²) in [4.78, 5) is 16.4. The van der Waals surface area contributed by atoms with Crippen molar-refractivity contribution in [1.82, 2.24) is 0 Å². The minimum Gasteiger partial charge on any atom is -0.355 e. The highest BCUT2D eigenvalue weighted by Crippen LogP contribution is 2.43. The van der Waals surface area contributed by atoms with Crippen molar-refractivity contribution in [3.63, 3.8) is 0 Å². The van der Waals surface area contributed by atoms with Gasteiger partial charge in [-0.1, -0.05) is 35.0 Å². The van der Waals surface area contributed by atoms with Gasteiger partial charge in [0.1, 0.15) is 0 Å². The molecule has 6 nitrogen and oxygen atoms in total. The molecular formula is C13H11ClN2O4. The van der Waals surface area contributed by atoms with Gasteiger partial charge in [0.2, 0.25) is 0 Å². The average Bonchev–Trinajstić information content (AvgIpc) is 2.97. The molecule has 7 heteroatoms. The van der Waals surface area contributed by atoms with Gasteiger partial charge in [-0.2, -0.15) is 0 Å². The van der Waals surface area contributed by atoms with E-state index in [1.165, 1.54) is 6.08 Å². The van der Waals surface area contributed by atoms with E-state index in [2.05, 4.69) is 11.7 Å². The van der Waals surface area contributed by atoms with Crippen LogP contribution in [-0.4, -0.2) is 29.1 Å². The Labute approximate surface area is 119 Å². The van der Waals surface area contributed by atoms with Crippen molar-refractivity contribution < 1.29 is 14.5 Å². The lowest BCUT2D eigenvalue weighted by Crippen LogP contribution is -2.54. The van der Waals surface area contributed by atoms with E-state index in [0.29, 0.717) is 10.6 Å². The molecular weight excluding hydrogens is 284 g/mol. The summed E-state index contributed by atoms with van der Waals surface area (Å²) in [5, 5.41) is 16.1. The van der Waals surface area contributed by atoms with E-state index in [1.807, 2.05) is 0 Å². The van der Waals surface area contributed by atoms with Crippen LogP contribution >= 0.6 is 11.6 Å². The van der Waals surface area contributed by atoms with Gasteiger partial charge in [-0.15, -0.1) is 6.58 Å². The second-order valence-electron chi connectivity index (χ2n) is 4.64. The fraction of sp³-hybridized carbons (Fsp3) is 0.308. The van der Waals surface area contributed by atoms with Crippen LogP contribution in [0.3, 0.4) is 0 Å². The monoisotopic (exact) mass is 294 g/mol. The first-order valence-corrected chi connectivity index (χ1v) is 6.37. The summed E-state index contributed by atoms with van der Waals surface area (Å²) in [7, 11) is 0. The lowest BCUT2D eigenvalue weighted by Gasteiger charge is -2.22. The molecule has 0 radical (unpaired) electrons. The number of nitro groups is 1. The summed E-state index contributed by atoms with van der Waals surface area (Å²) in [6.45, 7) is 3.84. The molecule has 20 heavy (non-hydrogen) atoms. The van der Waals surface area contributed by atoms with Crippen LogP contribution in [0.25, 0.3) is 0 Å². The Morgan fingerprint density at radius 1 is 1.50 bits per heavy atom. The molecule has 104 valence electrons. The van der Waals surface area contributed by atoms with Gasteiger partial charge in [0.15, 0.2) is 5.71 Å². The number of benzene rings is 1. The maximum Gasteiger partial charge on any atom is 0.338 e. The Kier molecular flexibility index (Phi) is 2.99. The molecule has 2 aliphatic heterocycles. The number of hydrogen-bond donors (Lipinski definition) is 0. The molecule has 0 spiro atoms. The zero-order valence-electron chi connectivity index (χ0n) is 10.4. The van der Waals surface area contributed by atoms with Crippen LogP contribution in [0.15, 0.2) is 42.1 Å². The number of oxime groups is 1. The molecule has 0 amide bonds. The fourth-order valence-corrected chi connectivity index (χ4v) is 2.76. The summed E-state index contributed by atoms with van der Waals surface area (Å²) in [6.07, 6.45) is 0.495. The molecule has 0 N–H and O–H groups in total. The molecule has 3 atom stereocenters. The summed E-state index contributed by atoms with van der Waals surface area (Å²) >= 11 is 5.84. The van der Waals surface area contributed by atoms with Crippen molar-refractivity contribution in [2.45, 2.75) is 11.8 Å². The Morgan fingerprint density at radius 3 is 2.80 bits per heavy atom. The first kappa shape index (κ1) is 13.1. The summed E-state index contributed by atoms with van der Waals surface area (Å²) < 4.78 is 5.34. The lowest BCUT2D eigenvalue weighted by atomic mass is 9.79. The van der Waals surface area contributed by atoms with Crippen LogP contribution in [0.1, 0.15) is 5.56 Å². The highest BCUT2D eigenvalue weighted by atomic mass is 35.5. The van der Waals surface area contributed by atoms with Gasteiger partial charge in [-0.05, 0) is 12.1 Å². The zero-order chi connectivity index (χ0) is 14.3. The van der Waals surface area contributed by atoms with Crippen molar-refractivity contribution in [3.05, 3.63) is 57.6 Å². The quantitative estimate of drug-likeness (QED) is 0.487. The van der Waals surface area contributed by atoms with Gasteiger partial charge in [-0.3, -0.25) is 10.1 Å². The van der Waals surface area contributed by atoms with Crippen molar-refractivity contribution in [2.75, 3.05) is 6.61 Å². The van der Waals surface area contributed by atoms with Crippen LogP contribution in [-0.2, 0) is 9.57 Å². The maximum absolute atomic E-state index is 11.7. The Hall–Kier alpha value is -1.92. The third-order valence-electron chi connectivity index (χ3n) is 3.68. The Morgan fingerprint density at radius 2 is 2.20 bits per heavy atom. The predicted octanol–water partition coefficient (Wildman–Crippen LogP) is 2.25. The van der Waals surface area contributed by atoms with Gasteiger partial charge in [-0.25, -0.2) is 0 Å². The van der Waals surface area contributed by atoms with E-state index in [9.17, 15) is 10.1 Å². The van der Waals surface area contributed by atoms with E-state index >= 15 is 0 Å². The van der Waals surface area contributed by atoms with Crippen LogP contribution in [0.2, 0.25) is 5.02 Å². The van der Waals surface area contributed by atoms with E-state index in [0.717, 1.165) is 0 Å². The lowest BCUT2D eigenvalue weighted by molar-refractivity contribution is -0.565. The SMILES string of the molecule is C=C[C@@H]1CO[C@H]2ON=C(c3ccc(Cl)cc3)[C@]21[N+](=O)[O-]. The molecule has 0 aliphatic carbocycles. The van der Waals surface area contributed by atoms with E-state index in [4.69, 9.17) is 21.2 Å². The number of rotatable bonds is 3. The first-order valence-electron chi connectivity index (χ1n) is 5.99. The summed E-state index contributed by atoms with van der Waals surface area (Å²) in [6, 6.07) is 6.66. The van der Waals surface area contributed by atoms with Crippen LogP contribution in [0.4, 0.5) is 0 Å². The Balaban J connectivity index is 2.12. The van der Waals surface area contributed by atoms with E-state index < -0.39 is 22.7 Å². The molecule has 1 saturated heterocycles. The van der Waals surface area contributed by atoms with Crippen molar-refractivity contribution in [2.24, 2.45) is 11.1 Å². The van der Waals surface area contributed by atoms with Crippen LogP contribution in [0, 0.1) is 16.0 Å². The predicted molar refractivity (Wildman–Crippen MR) is 72.2 cm³/mol. The Bertz CT molecular complexity index is 601. The zero-order valence-corrected chi connectivity index (χ0v) is 11.1. The number of halogens is 1. The second kappa shape index (κ2) is 4.57. The molecule has 1 aromatic carbocycles. The molecule has 0 unspecified atom stereocenters. The normalized spacial score (nSPS) is 31.4. The minimum absolute atomic E-state index is 0.182. The van der Waals surface area contributed by atoms with Gasteiger partial charge >= 0.3 is 11.8 Å². The number of nitrogens with zero attached hydrogens (tertiary/aromatic N) is 2. The van der Waals surface area contributed by atoms with E-state index in [-0.39, 0.29) is 12.3 Å². The molecule has 0 saturated carbocycles. The van der Waals surface area contributed by atoms with Gasteiger partial charge < -0.3 is 9.57 Å². The molecule has 2 aliphatic rings. The fourth-order valence-electron chi connectivity index (χ4n) is 2.64. The first-order chi connectivity index (χ1) is 9.60. The summed E-state index contributed by atoms with van der Waals surface area (Å²) in [5.41, 5.74) is -0.715.